The first-order valence-electron chi connectivity index (χ1n) is 8.37. The van der Waals surface area contributed by atoms with E-state index in [4.69, 9.17) is 0 Å². The van der Waals surface area contributed by atoms with Gasteiger partial charge < -0.3 is 10.6 Å². The second kappa shape index (κ2) is 9.29. The van der Waals surface area contributed by atoms with Gasteiger partial charge in [-0.25, -0.2) is 12.8 Å². The van der Waals surface area contributed by atoms with Gasteiger partial charge in [0.2, 0.25) is 5.91 Å². The van der Waals surface area contributed by atoms with Gasteiger partial charge in [0.15, 0.2) is 0 Å². The monoisotopic (exact) mass is 470 g/mol. The van der Waals surface area contributed by atoms with Gasteiger partial charge in [0.05, 0.1) is 11.3 Å². The van der Waals surface area contributed by atoms with Gasteiger partial charge in [-0.2, -0.15) is 0 Å². The summed E-state index contributed by atoms with van der Waals surface area (Å²) >= 11 is 3.26. The molecule has 0 aliphatic heterocycles. The molecule has 0 saturated heterocycles. The van der Waals surface area contributed by atoms with E-state index < -0.39 is 33.5 Å². The van der Waals surface area contributed by atoms with Crippen LogP contribution >= 0.6 is 15.9 Å². The SMILES string of the molecule is Cc1ccc(NC(=O)C(CCS(C)(=O)=O)NC(=O)c2ccccc2Br)cc1F. The Hall–Kier alpha value is -2.26. The van der Waals surface area contributed by atoms with Crippen LogP contribution in [0.1, 0.15) is 22.3 Å². The van der Waals surface area contributed by atoms with Crippen molar-refractivity contribution in [3.63, 3.8) is 0 Å². The largest absolute Gasteiger partial charge is 0.340 e. The fraction of sp³-hybridized carbons (Fsp3) is 0.263. The van der Waals surface area contributed by atoms with Crippen LogP contribution in [0, 0.1) is 12.7 Å². The number of anilines is 1. The third kappa shape index (κ3) is 6.42. The summed E-state index contributed by atoms with van der Waals surface area (Å²) in [4.78, 5) is 25.1. The van der Waals surface area contributed by atoms with E-state index in [1.807, 2.05) is 0 Å². The van der Waals surface area contributed by atoms with Crippen LogP contribution in [0.4, 0.5) is 10.1 Å². The van der Waals surface area contributed by atoms with E-state index in [9.17, 15) is 22.4 Å². The molecule has 0 aromatic heterocycles. The van der Waals surface area contributed by atoms with Crippen LogP contribution in [0.5, 0.6) is 0 Å². The molecule has 0 aliphatic rings. The zero-order chi connectivity index (χ0) is 20.9. The predicted molar refractivity (Wildman–Crippen MR) is 109 cm³/mol. The summed E-state index contributed by atoms with van der Waals surface area (Å²) in [6, 6.07) is 9.74. The van der Waals surface area contributed by atoms with Gasteiger partial charge in [0.25, 0.3) is 5.91 Å². The predicted octanol–water partition coefficient (Wildman–Crippen LogP) is 3.07. The van der Waals surface area contributed by atoms with E-state index in [2.05, 4.69) is 26.6 Å². The highest BCUT2D eigenvalue weighted by Gasteiger charge is 2.24. The zero-order valence-corrected chi connectivity index (χ0v) is 17.7. The lowest BCUT2D eigenvalue weighted by Gasteiger charge is -2.19. The number of carbonyl (C=O) groups excluding carboxylic acids is 2. The fourth-order valence-corrected chi connectivity index (χ4v) is 3.51. The molecule has 2 amide bonds. The van der Waals surface area contributed by atoms with Crippen molar-refractivity contribution >= 4 is 43.3 Å². The van der Waals surface area contributed by atoms with E-state index in [1.54, 1.807) is 31.2 Å². The first-order valence-corrected chi connectivity index (χ1v) is 11.2. The minimum atomic E-state index is -3.35. The van der Waals surface area contributed by atoms with E-state index in [0.717, 1.165) is 12.3 Å². The standard InChI is InChI=1S/C19H20BrFN2O4S/c1-12-7-8-13(11-16(12)21)22-19(25)17(9-10-28(2,26)27)23-18(24)14-5-3-4-6-15(14)20/h3-8,11,17H,9-10H2,1-2H3,(H,22,25)(H,23,24). The highest BCUT2D eigenvalue weighted by Crippen LogP contribution is 2.17. The van der Waals surface area contributed by atoms with Crippen LogP contribution in [-0.4, -0.2) is 38.3 Å². The van der Waals surface area contributed by atoms with Crippen LogP contribution in [-0.2, 0) is 14.6 Å². The molecule has 2 aromatic carbocycles. The Labute approximate surface area is 171 Å². The van der Waals surface area contributed by atoms with Gasteiger partial charge in [0.1, 0.15) is 21.7 Å². The Morgan fingerprint density at radius 2 is 1.86 bits per heavy atom. The molecule has 2 N–H and O–H groups in total. The van der Waals surface area contributed by atoms with Crippen molar-refractivity contribution in [3.8, 4) is 0 Å². The van der Waals surface area contributed by atoms with E-state index in [1.165, 1.54) is 12.1 Å². The van der Waals surface area contributed by atoms with Gasteiger partial charge in [-0.1, -0.05) is 18.2 Å². The third-order valence-corrected chi connectivity index (χ3v) is 5.63. The molecule has 0 spiro atoms. The Bertz CT molecular complexity index is 995. The van der Waals surface area contributed by atoms with Crippen LogP contribution in [0.2, 0.25) is 0 Å². The van der Waals surface area contributed by atoms with E-state index >= 15 is 0 Å². The topological polar surface area (TPSA) is 92.3 Å². The lowest BCUT2D eigenvalue weighted by atomic mass is 10.1. The number of hydrogen-bond acceptors (Lipinski definition) is 4. The van der Waals surface area contributed by atoms with Crippen molar-refractivity contribution in [1.82, 2.24) is 5.32 Å². The lowest BCUT2D eigenvalue weighted by Crippen LogP contribution is -2.44. The molecule has 2 rings (SSSR count). The number of hydrogen-bond donors (Lipinski definition) is 2. The molecule has 0 aliphatic carbocycles. The summed E-state index contributed by atoms with van der Waals surface area (Å²) in [5.41, 5.74) is 0.947. The second-order valence-corrected chi connectivity index (χ2v) is 9.49. The summed E-state index contributed by atoms with van der Waals surface area (Å²) in [5.74, 6) is -1.94. The average Bonchev–Trinajstić information content (AvgIpc) is 2.61. The summed E-state index contributed by atoms with van der Waals surface area (Å²) in [5, 5.41) is 5.07. The number of sulfone groups is 1. The highest BCUT2D eigenvalue weighted by molar-refractivity contribution is 9.10. The maximum Gasteiger partial charge on any atom is 0.253 e. The Morgan fingerprint density at radius 1 is 1.18 bits per heavy atom. The van der Waals surface area contributed by atoms with Crippen molar-refractivity contribution in [2.45, 2.75) is 19.4 Å². The molecular formula is C19H20BrFN2O4S. The smallest absolute Gasteiger partial charge is 0.253 e. The second-order valence-electron chi connectivity index (χ2n) is 6.38. The van der Waals surface area contributed by atoms with Crippen molar-refractivity contribution in [2.75, 3.05) is 17.3 Å². The van der Waals surface area contributed by atoms with Crippen LogP contribution in [0.15, 0.2) is 46.9 Å². The van der Waals surface area contributed by atoms with Gasteiger partial charge in [-0.3, -0.25) is 9.59 Å². The fourth-order valence-electron chi connectivity index (χ4n) is 2.38. The molecule has 1 atom stereocenters. The van der Waals surface area contributed by atoms with E-state index in [-0.39, 0.29) is 17.9 Å². The molecule has 9 heteroatoms. The van der Waals surface area contributed by atoms with Crippen molar-refractivity contribution in [2.24, 2.45) is 0 Å². The maximum atomic E-state index is 13.7. The number of benzene rings is 2. The molecule has 6 nitrogen and oxygen atoms in total. The van der Waals surface area contributed by atoms with Crippen molar-refractivity contribution < 1.29 is 22.4 Å². The number of carbonyl (C=O) groups is 2. The molecule has 0 fully saturated rings. The number of rotatable bonds is 7. The molecule has 2 aromatic rings. The summed E-state index contributed by atoms with van der Waals surface area (Å²) in [6.07, 6.45) is 0.933. The summed E-state index contributed by atoms with van der Waals surface area (Å²) in [6.45, 7) is 1.59. The molecule has 150 valence electrons. The van der Waals surface area contributed by atoms with Gasteiger partial charge >= 0.3 is 0 Å². The number of amides is 2. The quantitative estimate of drug-likeness (QED) is 0.650. The van der Waals surface area contributed by atoms with Crippen molar-refractivity contribution in [3.05, 3.63) is 63.9 Å². The minimum absolute atomic E-state index is 0.116. The third-order valence-electron chi connectivity index (χ3n) is 3.96. The average molecular weight is 471 g/mol. The lowest BCUT2D eigenvalue weighted by molar-refractivity contribution is -0.118. The number of aryl methyl sites for hydroxylation is 1. The Kier molecular flexibility index (Phi) is 7.31. The maximum absolute atomic E-state index is 13.7. The molecule has 0 radical (unpaired) electrons. The molecule has 0 bridgehead atoms. The summed E-state index contributed by atoms with van der Waals surface area (Å²) < 4.78 is 37.3. The number of halogens is 2. The van der Waals surface area contributed by atoms with Gasteiger partial charge in [-0.05, 0) is 59.1 Å². The van der Waals surface area contributed by atoms with Crippen LogP contribution in [0.25, 0.3) is 0 Å². The Morgan fingerprint density at radius 3 is 2.46 bits per heavy atom. The number of nitrogens with one attached hydrogen (secondary N) is 2. The first kappa shape index (κ1) is 22.0. The van der Waals surface area contributed by atoms with Crippen LogP contribution < -0.4 is 10.6 Å². The highest BCUT2D eigenvalue weighted by atomic mass is 79.9. The first-order chi connectivity index (χ1) is 13.1. The minimum Gasteiger partial charge on any atom is -0.340 e. The van der Waals surface area contributed by atoms with Crippen LogP contribution in [0.3, 0.4) is 0 Å². The summed E-state index contributed by atoms with van der Waals surface area (Å²) in [7, 11) is -3.35. The normalized spacial score (nSPS) is 12.3. The molecule has 1 unspecified atom stereocenters. The Balaban J connectivity index is 2.20. The molecule has 0 heterocycles. The van der Waals surface area contributed by atoms with Gasteiger partial charge in [0, 0.05) is 16.4 Å². The van der Waals surface area contributed by atoms with Gasteiger partial charge in [-0.15, -0.1) is 0 Å². The molecular weight excluding hydrogens is 451 g/mol. The zero-order valence-electron chi connectivity index (χ0n) is 15.3. The molecule has 28 heavy (non-hydrogen) atoms. The van der Waals surface area contributed by atoms with E-state index in [0.29, 0.717) is 15.6 Å². The molecule has 0 saturated carbocycles. The van der Waals surface area contributed by atoms with Crippen molar-refractivity contribution in [1.29, 1.82) is 0 Å².